The molecule has 1 fully saturated rings. The standard InChI is InChI=1S/C17H25N5O3/c1-11(2)8-22-9-13(7-18-22)17(23)21-5-6-24-14(10-21)16-20-19-15(25-16)12(3)4/h7,9,11-12,14H,5-6,8,10H2,1-4H3. The molecule has 0 saturated carbocycles. The molecule has 0 N–H and O–H groups in total. The second-order valence-corrected chi connectivity index (χ2v) is 7.09. The van der Waals surface area contributed by atoms with Crippen LogP contribution in [0.2, 0.25) is 0 Å². The Kier molecular flexibility index (Phi) is 5.17. The number of morpholine rings is 1. The van der Waals surface area contributed by atoms with Crippen molar-refractivity contribution >= 4 is 5.91 Å². The lowest BCUT2D eigenvalue weighted by Crippen LogP contribution is -2.42. The summed E-state index contributed by atoms with van der Waals surface area (Å²) in [7, 11) is 0. The second kappa shape index (κ2) is 7.35. The molecule has 3 heterocycles. The first-order valence-electron chi connectivity index (χ1n) is 8.70. The molecular weight excluding hydrogens is 322 g/mol. The van der Waals surface area contributed by atoms with Crippen LogP contribution >= 0.6 is 0 Å². The lowest BCUT2D eigenvalue weighted by molar-refractivity contribution is -0.0351. The average Bonchev–Trinajstić information content (AvgIpc) is 3.23. The molecule has 136 valence electrons. The van der Waals surface area contributed by atoms with E-state index in [0.29, 0.717) is 43.0 Å². The maximum atomic E-state index is 12.7. The minimum Gasteiger partial charge on any atom is -0.422 e. The van der Waals surface area contributed by atoms with E-state index in [2.05, 4.69) is 29.1 Å². The van der Waals surface area contributed by atoms with Gasteiger partial charge < -0.3 is 14.1 Å². The molecule has 1 saturated heterocycles. The molecule has 8 nitrogen and oxygen atoms in total. The van der Waals surface area contributed by atoms with Crippen molar-refractivity contribution in [2.45, 2.75) is 46.3 Å². The summed E-state index contributed by atoms with van der Waals surface area (Å²) in [4.78, 5) is 14.5. The van der Waals surface area contributed by atoms with Crippen LogP contribution in [0.4, 0.5) is 0 Å². The summed E-state index contributed by atoms with van der Waals surface area (Å²) in [5, 5.41) is 12.4. The van der Waals surface area contributed by atoms with Crippen molar-refractivity contribution in [1.82, 2.24) is 24.9 Å². The van der Waals surface area contributed by atoms with Crippen LogP contribution in [0.5, 0.6) is 0 Å². The van der Waals surface area contributed by atoms with Gasteiger partial charge in [0.1, 0.15) is 0 Å². The number of hydrogen-bond acceptors (Lipinski definition) is 6. The summed E-state index contributed by atoms with van der Waals surface area (Å²) in [6, 6.07) is 0. The van der Waals surface area contributed by atoms with Crippen molar-refractivity contribution < 1.29 is 13.9 Å². The van der Waals surface area contributed by atoms with Gasteiger partial charge in [-0.05, 0) is 5.92 Å². The van der Waals surface area contributed by atoms with Crippen molar-refractivity contribution in [2.75, 3.05) is 19.7 Å². The first kappa shape index (κ1) is 17.6. The van der Waals surface area contributed by atoms with Gasteiger partial charge in [0.2, 0.25) is 11.8 Å². The van der Waals surface area contributed by atoms with Crippen LogP contribution in [0.1, 0.15) is 61.9 Å². The van der Waals surface area contributed by atoms with E-state index < -0.39 is 0 Å². The van der Waals surface area contributed by atoms with Crippen molar-refractivity contribution in [3.63, 3.8) is 0 Å². The topological polar surface area (TPSA) is 86.3 Å². The summed E-state index contributed by atoms with van der Waals surface area (Å²) in [6.07, 6.45) is 3.04. The van der Waals surface area contributed by atoms with Crippen LogP contribution in [-0.4, -0.2) is 50.5 Å². The van der Waals surface area contributed by atoms with Gasteiger partial charge in [-0.3, -0.25) is 9.48 Å². The van der Waals surface area contributed by atoms with E-state index >= 15 is 0 Å². The number of carbonyl (C=O) groups is 1. The zero-order chi connectivity index (χ0) is 18.0. The molecule has 1 amide bonds. The molecule has 25 heavy (non-hydrogen) atoms. The monoisotopic (exact) mass is 347 g/mol. The highest BCUT2D eigenvalue weighted by atomic mass is 16.5. The molecule has 1 unspecified atom stereocenters. The fourth-order valence-electron chi connectivity index (χ4n) is 2.72. The molecule has 1 aliphatic rings. The van der Waals surface area contributed by atoms with Crippen molar-refractivity contribution in [2.24, 2.45) is 5.92 Å². The Hall–Kier alpha value is -2.22. The van der Waals surface area contributed by atoms with E-state index in [0.717, 1.165) is 6.54 Å². The summed E-state index contributed by atoms with van der Waals surface area (Å²) < 4.78 is 13.2. The maximum Gasteiger partial charge on any atom is 0.257 e. The smallest absolute Gasteiger partial charge is 0.257 e. The highest BCUT2D eigenvalue weighted by Crippen LogP contribution is 2.24. The van der Waals surface area contributed by atoms with Gasteiger partial charge in [-0.2, -0.15) is 5.10 Å². The number of nitrogens with zero attached hydrogens (tertiary/aromatic N) is 5. The fraction of sp³-hybridized carbons (Fsp3) is 0.647. The highest BCUT2D eigenvalue weighted by molar-refractivity contribution is 5.93. The molecule has 8 heteroatoms. The summed E-state index contributed by atoms with van der Waals surface area (Å²) in [6.45, 7) is 10.4. The molecule has 0 radical (unpaired) electrons. The van der Waals surface area contributed by atoms with Gasteiger partial charge in [0, 0.05) is 25.2 Å². The molecule has 0 aromatic carbocycles. The van der Waals surface area contributed by atoms with E-state index in [1.807, 2.05) is 18.5 Å². The van der Waals surface area contributed by atoms with Crippen molar-refractivity contribution in [1.29, 1.82) is 0 Å². The molecule has 0 spiro atoms. The number of ether oxygens (including phenoxy) is 1. The largest absolute Gasteiger partial charge is 0.422 e. The average molecular weight is 347 g/mol. The highest BCUT2D eigenvalue weighted by Gasteiger charge is 2.30. The third kappa shape index (κ3) is 4.07. The molecule has 2 aromatic heterocycles. The van der Waals surface area contributed by atoms with E-state index in [4.69, 9.17) is 9.15 Å². The van der Waals surface area contributed by atoms with E-state index in [-0.39, 0.29) is 17.9 Å². The Morgan fingerprint density at radius 1 is 1.32 bits per heavy atom. The first-order valence-corrected chi connectivity index (χ1v) is 8.70. The Balaban J connectivity index is 1.67. The lowest BCUT2D eigenvalue weighted by atomic mass is 10.2. The Morgan fingerprint density at radius 3 is 2.80 bits per heavy atom. The summed E-state index contributed by atoms with van der Waals surface area (Å²) >= 11 is 0. The van der Waals surface area contributed by atoms with Crippen LogP contribution < -0.4 is 0 Å². The van der Waals surface area contributed by atoms with E-state index in [1.54, 1.807) is 17.3 Å². The first-order chi connectivity index (χ1) is 11.9. The quantitative estimate of drug-likeness (QED) is 0.824. The van der Waals surface area contributed by atoms with Gasteiger partial charge >= 0.3 is 0 Å². The minimum atomic E-state index is -0.386. The number of aromatic nitrogens is 4. The zero-order valence-electron chi connectivity index (χ0n) is 15.2. The maximum absolute atomic E-state index is 12.7. The molecule has 1 aliphatic heterocycles. The van der Waals surface area contributed by atoms with E-state index in [1.165, 1.54) is 0 Å². The van der Waals surface area contributed by atoms with Crippen LogP contribution in [0.3, 0.4) is 0 Å². The lowest BCUT2D eigenvalue weighted by Gasteiger charge is -2.31. The van der Waals surface area contributed by atoms with Crippen LogP contribution in [0.15, 0.2) is 16.8 Å². The molecular formula is C17H25N5O3. The van der Waals surface area contributed by atoms with Gasteiger partial charge in [0.15, 0.2) is 6.10 Å². The summed E-state index contributed by atoms with van der Waals surface area (Å²) in [5.41, 5.74) is 0.592. The van der Waals surface area contributed by atoms with Gasteiger partial charge in [0.05, 0.1) is 24.9 Å². The third-order valence-corrected chi connectivity index (χ3v) is 4.01. The van der Waals surface area contributed by atoms with E-state index in [9.17, 15) is 4.79 Å². The van der Waals surface area contributed by atoms with Crippen molar-refractivity contribution in [3.05, 3.63) is 29.7 Å². The third-order valence-electron chi connectivity index (χ3n) is 4.01. The second-order valence-electron chi connectivity index (χ2n) is 7.09. The number of hydrogen-bond donors (Lipinski definition) is 0. The molecule has 2 aromatic rings. The minimum absolute atomic E-state index is 0.0492. The number of rotatable bonds is 5. The molecule has 3 rings (SSSR count). The molecule has 0 aliphatic carbocycles. The van der Waals surface area contributed by atoms with Gasteiger partial charge in [-0.15, -0.1) is 10.2 Å². The zero-order valence-corrected chi connectivity index (χ0v) is 15.2. The van der Waals surface area contributed by atoms with Crippen LogP contribution in [0, 0.1) is 5.92 Å². The molecule has 1 atom stereocenters. The SMILES string of the molecule is CC(C)Cn1cc(C(=O)N2CCOC(c3nnc(C(C)C)o3)C2)cn1. The van der Waals surface area contributed by atoms with Gasteiger partial charge in [-0.1, -0.05) is 27.7 Å². The predicted octanol–water partition coefficient (Wildman–Crippen LogP) is 2.26. The van der Waals surface area contributed by atoms with Crippen LogP contribution in [-0.2, 0) is 11.3 Å². The van der Waals surface area contributed by atoms with Crippen LogP contribution in [0.25, 0.3) is 0 Å². The Morgan fingerprint density at radius 2 is 2.12 bits per heavy atom. The Labute approximate surface area is 147 Å². The van der Waals surface area contributed by atoms with Gasteiger partial charge in [0.25, 0.3) is 5.91 Å². The molecule has 0 bridgehead atoms. The Bertz CT molecular complexity index is 721. The van der Waals surface area contributed by atoms with Crippen molar-refractivity contribution in [3.8, 4) is 0 Å². The normalized spacial score (nSPS) is 18.3. The number of carbonyl (C=O) groups excluding carboxylic acids is 1. The number of amides is 1. The van der Waals surface area contributed by atoms with Gasteiger partial charge in [-0.25, -0.2) is 0 Å². The fourth-order valence-corrected chi connectivity index (χ4v) is 2.72. The predicted molar refractivity (Wildman–Crippen MR) is 90.0 cm³/mol. The summed E-state index contributed by atoms with van der Waals surface area (Å²) in [5.74, 6) is 1.60.